The smallest absolute Gasteiger partial charge is 0.0801 e. The summed E-state index contributed by atoms with van der Waals surface area (Å²) in [5.41, 5.74) is 2.44. The van der Waals surface area contributed by atoms with Crippen LogP contribution in [0.25, 0.3) is 10.6 Å². The topological polar surface area (TPSA) is 12.9 Å². The van der Waals surface area contributed by atoms with Crippen LogP contribution in [-0.2, 0) is 6.42 Å². The summed E-state index contributed by atoms with van der Waals surface area (Å²) in [6, 6.07) is 8.27. The summed E-state index contributed by atoms with van der Waals surface area (Å²) in [5, 5.41) is 0. The van der Waals surface area contributed by atoms with Crippen LogP contribution in [0.5, 0.6) is 0 Å². The van der Waals surface area contributed by atoms with Gasteiger partial charge in [-0.2, -0.15) is 0 Å². The van der Waals surface area contributed by atoms with Crippen molar-refractivity contribution in [2.24, 2.45) is 0 Å². The Bertz CT molecular complexity index is 483. The Morgan fingerprint density at radius 3 is 2.94 bits per heavy atom. The van der Waals surface area contributed by atoms with Gasteiger partial charge in [0.2, 0.25) is 0 Å². The molecule has 0 fully saturated rings. The summed E-state index contributed by atoms with van der Waals surface area (Å²) in [7, 11) is 0. The lowest BCUT2D eigenvalue weighted by Gasteiger charge is -1.93. The van der Waals surface area contributed by atoms with Crippen molar-refractivity contribution < 1.29 is 0 Å². The van der Waals surface area contributed by atoms with Gasteiger partial charge in [0.05, 0.1) is 10.6 Å². The SMILES string of the molecule is CC=CCc1sc(-c2ccccn2)cc1C. The minimum Gasteiger partial charge on any atom is -0.255 e. The van der Waals surface area contributed by atoms with Crippen molar-refractivity contribution in [2.75, 3.05) is 0 Å². The van der Waals surface area contributed by atoms with Crippen molar-refractivity contribution in [3.63, 3.8) is 0 Å². The molecule has 0 amide bonds. The molecular formula is C14H15NS. The van der Waals surface area contributed by atoms with Crippen LogP contribution < -0.4 is 0 Å². The molecule has 2 heteroatoms. The molecule has 2 rings (SSSR count). The predicted octanol–water partition coefficient (Wildman–Crippen LogP) is 4.24. The molecule has 2 aromatic heterocycles. The Labute approximate surface area is 100 Å². The monoisotopic (exact) mass is 229 g/mol. The predicted molar refractivity (Wildman–Crippen MR) is 70.8 cm³/mol. The highest BCUT2D eigenvalue weighted by Crippen LogP contribution is 2.30. The molecule has 0 radical (unpaired) electrons. The third-order valence-electron chi connectivity index (χ3n) is 2.48. The number of allylic oxidation sites excluding steroid dienone is 2. The maximum absolute atomic E-state index is 4.38. The molecule has 0 N–H and O–H groups in total. The van der Waals surface area contributed by atoms with E-state index in [9.17, 15) is 0 Å². The highest BCUT2D eigenvalue weighted by molar-refractivity contribution is 7.15. The molecule has 0 bridgehead atoms. The lowest BCUT2D eigenvalue weighted by Crippen LogP contribution is -1.75. The zero-order chi connectivity index (χ0) is 11.4. The van der Waals surface area contributed by atoms with E-state index in [1.165, 1.54) is 15.3 Å². The highest BCUT2D eigenvalue weighted by atomic mass is 32.1. The summed E-state index contributed by atoms with van der Waals surface area (Å²) in [6.07, 6.45) is 7.16. The Hall–Kier alpha value is -1.41. The molecule has 2 aromatic rings. The van der Waals surface area contributed by atoms with Gasteiger partial charge in [0.15, 0.2) is 0 Å². The first-order valence-corrected chi connectivity index (χ1v) is 6.25. The normalized spacial score (nSPS) is 11.1. The fourth-order valence-electron chi connectivity index (χ4n) is 1.58. The zero-order valence-corrected chi connectivity index (χ0v) is 10.4. The van der Waals surface area contributed by atoms with Crippen molar-refractivity contribution >= 4 is 11.3 Å². The molecule has 0 aromatic carbocycles. The van der Waals surface area contributed by atoms with E-state index in [4.69, 9.17) is 0 Å². The van der Waals surface area contributed by atoms with Crippen LogP contribution in [0.1, 0.15) is 17.4 Å². The number of thiophene rings is 1. The van der Waals surface area contributed by atoms with Gasteiger partial charge in [-0.25, -0.2) is 0 Å². The quantitative estimate of drug-likeness (QED) is 0.717. The maximum Gasteiger partial charge on any atom is 0.0801 e. The van der Waals surface area contributed by atoms with E-state index in [-0.39, 0.29) is 0 Å². The van der Waals surface area contributed by atoms with E-state index in [0.717, 1.165) is 12.1 Å². The second-order valence-electron chi connectivity index (χ2n) is 3.70. The largest absolute Gasteiger partial charge is 0.255 e. The van der Waals surface area contributed by atoms with Crippen LogP contribution in [-0.4, -0.2) is 4.98 Å². The van der Waals surface area contributed by atoms with Crippen LogP contribution in [0, 0.1) is 6.92 Å². The molecule has 0 unspecified atom stereocenters. The molecule has 1 nitrogen and oxygen atoms in total. The van der Waals surface area contributed by atoms with E-state index in [0.29, 0.717) is 0 Å². The van der Waals surface area contributed by atoms with E-state index in [1.54, 1.807) is 0 Å². The molecule has 0 spiro atoms. The average Bonchev–Trinajstić information content (AvgIpc) is 2.69. The van der Waals surface area contributed by atoms with Crippen molar-refractivity contribution in [3.8, 4) is 10.6 Å². The summed E-state index contributed by atoms with van der Waals surface area (Å²) < 4.78 is 0. The minimum atomic E-state index is 1.03. The maximum atomic E-state index is 4.38. The molecule has 82 valence electrons. The molecule has 0 saturated carbocycles. The highest BCUT2D eigenvalue weighted by Gasteiger charge is 2.06. The molecule has 0 saturated heterocycles. The molecule has 2 heterocycles. The van der Waals surface area contributed by atoms with Gasteiger partial charge in [-0.1, -0.05) is 18.2 Å². The van der Waals surface area contributed by atoms with Crippen LogP contribution in [0.4, 0.5) is 0 Å². The molecule has 0 aliphatic heterocycles. The van der Waals surface area contributed by atoms with E-state index in [2.05, 4.69) is 43.1 Å². The molecule has 0 aliphatic rings. The number of hydrogen-bond acceptors (Lipinski definition) is 2. The van der Waals surface area contributed by atoms with Crippen LogP contribution in [0.15, 0.2) is 42.6 Å². The van der Waals surface area contributed by atoms with Gasteiger partial charge >= 0.3 is 0 Å². The Morgan fingerprint density at radius 1 is 1.38 bits per heavy atom. The van der Waals surface area contributed by atoms with Gasteiger partial charge in [0.1, 0.15) is 0 Å². The lowest BCUT2D eigenvalue weighted by atomic mass is 10.2. The first kappa shape index (κ1) is 11.1. The van der Waals surface area contributed by atoms with Crippen LogP contribution >= 0.6 is 11.3 Å². The summed E-state index contributed by atoms with van der Waals surface area (Å²) in [5.74, 6) is 0. The molecule has 0 atom stereocenters. The van der Waals surface area contributed by atoms with Crippen molar-refractivity contribution in [2.45, 2.75) is 20.3 Å². The second-order valence-corrected chi connectivity index (χ2v) is 4.84. The van der Waals surface area contributed by atoms with Gasteiger partial charge < -0.3 is 0 Å². The van der Waals surface area contributed by atoms with E-state index >= 15 is 0 Å². The first-order chi connectivity index (χ1) is 7.81. The van der Waals surface area contributed by atoms with Crippen LogP contribution in [0.3, 0.4) is 0 Å². The van der Waals surface area contributed by atoms with E-state index < -0.39 is 0 Å². The Kier molecular flexibility index (Phi) is 3.52. The number of pyridine rings is 1. The van der Waals surface area contributed by atoms with Gasteiger partial charge in [0.25, 0.3) is 0 Å². The number of aryl methyl sites for hydroxylation is 1. The zero-order valence-electron chi connectivity index (χ0n) is 9.60. The number of nitrogens with zero attached hydrogens (tertiary/aromatic N) is 1. The van der Waals surface area contributed by atoms with Crippen molar-refractivity contribution in [1.82, 2.24) is 4.98 Å². The Morgan fingerprint density at radius 2 is 2.25 bits per heavy atom. The minimum absolute atomic E-state index is 1.03. The third-order valence-corrected chi connectivity index (χ3v) is 3.76. The molecular weight excluding hydrogens is 214 g/mol. The van der Waals surface area contributed by atoms with Gasteiger partial charge in [-0.05, 0) is 44.0 Å². The molecule has 0 aliphatic carbocycles. The number of rotatable bonds is 3. The fourth-order valence-corrected chi connectivity index (χ4v) is 2.71. The van der Waals surface area contributed by atoms with Gasteiger partial charge in [-0.3, -0.25) is 4.98 Å². The van der Waals surface area contributed by atoms with Crippen LogP contribution in [0.2, 0.25) is 0 Å². The lowest BCUT2D eigenvalue weighted by molar-refractivity contribution is 1.28. The van der Waals surface area contributed by atoms with E-state index in [1.807, 2.05) is 29.7 Å². The third kappa shape index (κ3) is 2.39. The van der Waals surface area contributed by atoms with Crippen molar-refractivity contribution in [3.05, 3.63) is 53.1 Å². The number of hydrogen-bond donors (Lipinski definition) is 0. The second kappa shape index (κ2) is 5.08. The summed E-state index contributed by atoms with van der Waals surface area (Å²) >= 11 is 1.84. The fraction of sp³-hybridized carbons (Fsp3) is 0.214. The van der Waals surface area contributed by atoms with Gasteiger partial charge in [0, 0.05) is 11.1 Å². The van der Waals surface area contributed by atoms with Gasteiger partial charge in [-0.15, -0.1) is 11.3 Å². The summed E-state index contributed by atoms with van der Waals surface area (Å²) in [6.45, 7) is 4.23. The Balaban J connectivity index is 2.31. The first-order valence-electron chi connectivity index (χ1n) is 5.43. The molecule has 16 heavy (non-hydrogen) atoms. The average molecular weight is 229 g/mol. The standard InChI is InChI=1S/C14H15NS/c1-3-4-8-13-11(2)10-14(16-13)12-7-5-6-9-15-12/h3-7,9-10H,8H2,1-2H3. The van der Waals surface area contributed by atoms with Crippen molar-refractivity contribution in [1.29, 1.82) is 0 Å². The number of aromatic nitrogens is 1. The summed E-state index contributed by atoms with van der Waals surface area (Å²) in [4.78, 5) is 7.07.